The van der Waals surface area contributed by atoms with E-state index >= 15 is 0 Å². The van der Waals surface area contributed by atoms with E-state index in [1.807, 2.05) is 30.9 Å². The Morgan fingerprint density at radius 1 is 1.28 bits per heavy atom. The highest BCUT2D eigenvalue weighted by molar-refractivity contribution is 5.99. The van der Waals surface area contributed by atoms with Crippen LogP contribution >= 0.6 is 0 Å². The molecule has 0 bridgehead atoms. The number of carbonyl (C=O) groups excluding carboxylic acids is 1. The number of amides is 1. The SMILES string of the molecule is COC1CCN(c2nc(OCC(F)(F)F)ccc2C(=O)NC(C)c2ccnc(C)c2)CC1. The molecule has 0 saturated carbocycles. The van der Waals surface area contributed by atoms with Crippen LogP contribution in [0.5, 0.6) is 5.88 Å². The number of hydrogen-bond donors (Lipinski definition) is 1. The molecule has 1 unspecified atom stereocenters. The minimum absolute atomic E-state index is 0.100. The molecule has 32 heavy (non-hydrogen) atoms. The fraction of sp³-hybridized carbons (Fsp3) is 0.500. The molecule has 0 radical (unpaired) electrons. The molecule has 10 heteroatoms. The lowest BCUT2D eigenvalue weighted by molar-refractivity contribution is -0.154. The molecule has 2 aromatic rings. The smallest absolute Gasteiger partial charge is 0.422 e. The van der Waals surface area contributed by atoms with E-state index in [9.17, 15) is 18.0 Å². The summed E-state index contributed by atoms with van der Waals surface area (Å²) in [6.07, 6.45) is -1.26. The van der Waals surface area contributed by atoms with Crippen LogP contribution < -0.4 is 15.0 Å². The lowest BCUT2D eigenvalue weighted by Gasteiger charge is -2.33. The van der Waals surface area contributed by atoms with E-state index in [4.69, 9.17) is 9.47 Å². The van der Waals surface area contributed by atoms with Gasteiger partial charge in [0.05, 0.1) is 17.7 Å². The molecule has 1 fully saturated rings. The highest BCUT2D eigenvalue weighted by Crippen LogP contribution is 2.27. The van der Waals surface area contributed by atoms with Gasteiger partial charge in [-0.3, -0.25) is 9.78 Å². The van der Waals surface area contributed by atoms with Gasteiger partial charge >= 0.3 is 6.18 Å². The molecule has 1 aliphatic rings. The first-order valence-corrected chi connectivity index (χ1v) is 10.4. The van der Waals surface area contributed by atoms with Crippen molar-refractivity contribution in [3.05, 3.63) is 47.3 Å². The highest BCUT2D eigenvalue weighted by Gasteiger charge is 2.30. The van der Waals surface area contributed by atoms with Gasteiger partial charge in [-0.05, 0) is 50.5 Å². The number of pyridine rings is 2. The summed E-state index contributed by atoms with van der Waals surface area (Å²) in [5.41, 5.74) is 2.00. The van der Waals surface area contributed by atoms with Crippen LogP contribution in [-0.2, 0) is 4.74 Å². The number of alkyl halides is 3. The Hall–Kier alpha value is -2.88. The van der Waals surface area contributed by atoms with Gasteiger partial charge in [-0.2, -0.15) is 18.2 Å². The summed E-state index contributed by atoms with van der Waals surface area (Å²) in [4.78, 5) is 23.4. The minimum Gasteiger partial charge on any atom is -0.468 e. The second kappa shape index (κ2) is 10.2. The predicted molar refractivity (Wildman–Crippen MR) is 113 cm³/mol. The number of nitrogens with zero attached hydrogens (tertiary/aromatic N) is 3. The van der Waals surface area contributed by atoms with Crippen molar-refractivity contribution in [2.24, 2.45) is 0 Å². The number of nitrogens with one attached hydrogen (secondary N) is 1. The van der Waals surface area contributed by atoms with E-state index in [1.54, 1.807) is 13.3 Å². The predicted octanol–water partition coefficient (Wildman–Crippen LogP) is 3.83. The lowest BCUT2D eigenvalue weighted by Crippen LogP contribution is -2.39. The minimum atomic E-state index is -4.48. The number of hydrogen-bond acceptors (Lipinski definition) is 6. The van der Waals surface area contributed by atoms with Crippen molar-refractivity contribution >= 4 is 11.7 Å². The van der Waals surface area contributed by atoms with Gasteiger partial charge in [-0.25, -0.2) is 0 Å². The van der Waals surface area contributed by atoms with E-state index in [1.165, 1.54) is 12.1 Å². The van der Waals surface area contributed by atoms with Gasteiger partial charge in [-0.15, -0.1) is 0 Å². The van der Waals surface area contributed by atoms with Crippen LogP contribution in [0.15, 0.2) is 30.5 Å². The molecule has 174 valence electrons. The third kappa shape index (κ3) is 6.32. The van der Waals surface area contributed by atoms with Crippen LogP contribution in [0.4, 0.5) is 19.0 Å². The lowest BCUT2D eigenvalue weighted by atomic mass is 10.1. The van der Waals surface area contributed by atoms with Crippen LogP contribution in [-0.4, -0.2) is 55.0 Å². The number of carbonyl (C=O) groups is 1. The molecule has 3 rings (SSSR count). The van der Waals surface area contributed by atoms with Crippen LogP contribution in [0.3, 0.4) is 0 Å². The third-order valence-electron chi connectivity index (χ3n) is 5.32. The Kier molecular flexibility index (Phi) is 7.55. The number of halogens is 3. The molecular weight excluding hydrogens is 425 g/mol. The van der Waals surface area contributed by atoms with Gasteiger partial charge in [0.2, 0.25) is 5.88 Å². The first kappa shape index (κ1) is 23.8. The monoisotopic (exact) mass is 452 g/mol. The number of rotatable bonds is 7. The largest absolute Gasteiger partial charge is 0.468 e. The zero-order chi connectivity index (χ0) is 23.3. The van der Waals surface area contributed by atoms with Gasteiger partial charge in [0, 0.05) is 38.2 Å². The van der Waals surface area contributed by atoms with Gasteiger partial charge in [0.1, 0.15) is 5.82 Å². The number of piperidine rings is 1. The number of ether oxygens (including phenoxy) is 2. The second-order valence-corrected chi connectivity index (χ2v) is 7.77. The van der Waals surface area contributed by atoms with Crippen molar-refractivity contribution in [1.29, 1.82) is 0 Å². The summed E-state index contributed by atoms with van der Waals surface area (Å²) in [6, 6.07) is 6.15. The Balaban J connectivity index is 1.83. The first-order chi connectivity index (χ1) is 15.2. The maximum absolute atomic E-state index is 13.1. The summed E-state index contributed by atoms with van der Waals surface area (Å²) in [5, 5.41) is 2.94. The number of aryl methyl sites for hydroxylation is 1. The van der Waals surface area contributed by atoms with Crippen LogP contribution in [0.25, 0.3) is 0 Å². The molecule has 0 aliphatic carbocycles. The van der Waals surface area contributed by atoms with E-state index in [-0.39, 0.29) is 29.5 Å². The fourth-order valence-corrected chi connectivity index (χ4v) is 3.58. The fourth-order valence-electron chi connectivity index (χ4n) is 3.58. The number of aromatic nitrogens is 2. The summed E-state index contributed by atoms with van der Waals surface area (Å²) < 4.78 is 47.9. The van der Waals surface area contributed by atoms with Gasteiger partial charge < -0.3 is 19.7 Å². The van der Waals surface area contributed by atoms with Crippen molar-refractivity contribution in [1.82, 2.24) is 15.3 Å². The summed E-state index contributed by atoms with van der Waals surface area (Å²) in [6.45, 7) is 3.39. The number of methoxy groups -OCH3 is 1. The standard InChI is InChI=1S/C22H27F3N4O3/c1-14-12-16(6-9-26-14)15(2)27-21(30)18-4-5-19(32-13-22(23,24)25)28-20(18)29-10-7-17(31-3)8-11-29/h4-6,9,12,15,17H,7-8,10-11,13H2,1-3H3,(H,27,30). The molecule has 0 spiro atoms. The molecule has 1 aliphatic heterocycles. The summed E-state index contributed by atoms with van der Waals surface area (Å²) >= 11 is 0. The highest BCUT2D eigenvalue weighted by atomic mass is 19.4. The van der Waals surface area contributed by atoms with E-state index < -0.39 is 12.8 Å². The average molecular weight is 452 g/mol. The van der Waals surface area contributed by atoms with Crippen LogP contribution in [0.2, 0.25) is 0 Å². The first-order valence-electron chi connectivity index (χ1n) is 10.4. The summed E-state index contributed by atoms with van der Waals surface area (Å²) in [5.74, 6) is -0.249. The van der Waals surface area contributed by atoms with Crippen molar-refractivity contribution in [2.45, 2.75) is 45.0 Å². The average Bonchev–Trinajstić information content (AvgIpc) is 2.77. The molecule has 7 nitrogen and oxygen atoms in total. The Labute approximate surface area is 184 Å². The van der Waals surface area contributed by atoms with E-state index in [0.717, 1.165) is 24.1 Å². The van der Waals surface area contributed by atoms with Crippen molar-refractivity contribution in [3.8, 4) is 5.88 Å². The molecule has 0 aromatic carbocycles. The zero-order valence-corrected chi connectivity index (χ0v) is 18.3. The van der Waals surface area contributed by atoms with Crippen LogP contribution in [0.1, 0.15) is 47.4 Å². The molecule has 1 N–H and O–H groups in total. The van der Waals surface area contributed by atoms with E-state index in [0.29, 0.717) is 18.9 Å². The molecule has 1 amide bonds. The van der Waals surface area contributed by atoms with Gasteiger partial charge in [-0.1, -0.05) is 0 Å². The van der Waals surface area contributed by atoms with Gasteiger partial charge in [0.15, 0.2) is 6.61 Å². The van der Waals surface area contributed by atoms with Crippen molar-refractivity contribution in [2.75, 3.05) is 31.7 Å². The maximum atomic E-state index is 13.1. The van der Waals surface area contributed by atoms with Gasteiger partial charge in [0.25, 0.3) is 5.91 Å². The summed E-state index contributed by atoms with van der Waals surface area (Å²) in [7, 11) is 1.64. The molecule has 3 heterocycles. The second-order valence-electron chi connectivity index (χ2n) is 7.77. The maximum Gasteiger partial charge on any atom is 0.422 e. The third-order valence-corrected chi connectivity index (χ3v) is 5.32. The Bertz CT molecular complexity index is 931. The molecular formula is C22H27F3N4O3. The van der Waals surface area contributed by atoms with Crippen molar-refractivity contribution in [3.63, 3.8) is 0 Å². The normalized spacial score (nSPS) is 16.0. The number of anilines is 1. The Morgan fingerprint density at radius 2 is 2.00 bits per heavy atom. The van der Waals surface area contributed by atoms with E-state index in [2.05, 4.69) is 15.3 Å². The Morgan fingerprint density at radius 3 is 2.62 bits per heavy atom. The topological polar surface area (TPSA) is 76.6 Å². The van der Waals surface area contributed by atoms with Crippen molar-refractivity contribution < 1.29 is 27.4 Å². The molecule has 1 atom stereocenters. The quantitative estimate of drug-likeness (QED) is 0.688. The van der Waals surface area contributed by atoms with Crippen LogP contribution in [0, 0.1) is 6.92 Å². The molecule has 2 aromatic heterocycles. The zero-order valence-electron chi connectivity index (χ0n) is 18.3. The molecule has 1 saturated heterocycles.